The summed E-state index contributed by atoms with van der Waals surface area (Å²) in [6, 6.07) is 0. The number of aliphatic hydroxyl groups is 7. The first kappa shape index (κ1) is 25.8. The first-order chi connectivity index (χ1) is 14.0. The van der Waals surface area contributed by atoms with Gasteiger partial charge in [0.15, 0.2) is 12.6 Å². The third-order valence-corrected chi connectivity index (χ3v) is 5.00. The normalized spacial score (nSPS) is 43.0. The molecule has 0 spiro atoms. The monoisotopic (exact) mass is 441 g/mol. The summed E-state index contributed by atoms with van der Waals surface area (Å²) in [6.45, 7) is 5.30. The molecule has 2 fully saturated rings. The van der Waals surface area contributed by atoms with Gasteiger partial charge >= 0.3 is 0 Å². The molecule has 0 aromatic rings. The van der Waals surface area contributed by atoms with Gasteiger partial charge < -0.3 is 60.0 Å². The quantitative estimate of drug-likeness (QED) is 0.171. The lowest BCUT2D eigenvalue weighted by Crippen LogP contribution is -2.64. The largest absolute Gasteiger partial charge is 0.394 e. The van der Waals surface area contributed by atoms with Crippen LogP contribution in [-0.4, -0.2) is 129 Å². The van der Waals surface area contributed by atoms with Crippen LogP contribution in [-0.2, 0) is 18.9 Å². The maximum Gasteiger partial charge on any atom is 0.187 e. The number of rotatable bonds is 8. The molecule has 10 atom stereocenters. The van der Waals surface area contributed by atoms with Crippen molar-refractivity contribution in [2.75, 3.05) is 26.4 Å². The summed E-state index contributed by atoms with van der Waals surface area (Å²) in [4.78, 5) is 0. The molecule has 12 heteroatoms. The van der Waals surface area contributed by atoms with Crippen LogP contribution in [0.4, 0.5) is 0 Å². The SMILES string of the molecule is CC(C)(C)NCCO[C@@H]1OC(CO)[C@@H](O[C@H]2OC(CO)[C@@H](O)[C@H](O)C2O)[C@H](O)C1O. The minimum absolute atomic E-state index is 0.132. The van der Waals surface area contributed by atoms with Gasteiger partial charge in [0, 0.05) is 12.1 Å². The highest BCUT2D eigenvalue weighted by Gasteiger charge is 2.50. The van der Waals surface area contributed by atoms with E-state index < -0.39 is 74.6 Å². The Kier molecular flexibility index (Phi) is 9.36. The second-order valence-electron chi connectivity index (χ2n) is 8.55. The molecule has 0 radical (unpaired) electrons. The highest BCUT2D eigenvalue weighted by Crippen LogP contribution is 2.29. The lowest BCUT2D eigenvalue weighted by atomic mass is 9.97. The van der Waals surface area contributed by atoms with Crippen LogP contribution in [0.25, 0.3) is 0 Å². The molecule has 30 heavy (non-hydrogen) atoms. The van der Waals surface area contributed by atoms with Gasteiger partial charge in [-0.2, -0.15) is 0 Å². The van der Waals surface area contributed by atoms with Gasteiger partial charge in [0.05, 0.1) is 19.8 Å². The number of hydrogen-bond acceptors (Lipinski definition) is 12. The van der Waals surface area contributed by atoms with Crippen molar-refractivity contribution in [2.24, 2.45) is 0 Å². The predicted molar refractivity (Wildman–Crippen MR) is 100 cm³/mol. The van der Waals surface area contributed by atoms with Crippen molar-refractivity contribution < 1.29 is 54.7 Å². The van der Waals surface area contributed by atoms with E-state index in [1.807, 2.05) is 20.8 Å². The number of nitrogens with one attached hydrogen (secondary N) is 1. The third kappa shape index (κ3) is 6.28. The van der Waals surface area contributed by atoms with Gasteiger partial charge in [0.2, 0.25) is 0 Å². The second kappa shape index (κ2) is 10.9. The van der Waals surface area contributed by atoms with E-state index in [9.17, 15) is 35.7 Å². The van der Waals surface area contributed by atoms with Crippen LogP contribution in [0.5, 0.6) is 0 Å². The number of aliphatic hydroxyl groups excluding tert-OH is 7. The fourth-order valence-corrected chi connectivity index (χ4v) is 3.29. The van der Waals surface area contributed by atoms with E-state index in [2.05, 4.69) is 5.32 Å². The maximum absolute atomic E-state index is 10.5. The molecule has 178 valence electrons. The molecule has 2 rings (SSSR count). The topological polar surface area (TPSA) is 191 Å². The van der Waals surface area contributed by atoms with Crippen molar-refractivity contribution >= 4 is 0 Å². The van der Waals surface area contributed by atoms with Crippen LogP contribution in [0.2, 0.25) is 0 Å². The van der Waals surface area contributed by atoms with E-state index in [1.165, 1.54) is 0 Å². The first-order valence-electron chi connectivity index (χ1n) is 9.95. The molecule has 2 heterocycles. The van der Waals surface area contributed by atoms with Gasteiger partial charge in [0.25, 0.3) is 0 Å². The smallest absolute Gasteiger partial charge is 0.187 e. The van der Waals surface area contributed by atoms with Crippen LogP contribution in [0.15, 0.2) is 0 Å². The van der Waals surface area contributed by atoms with Gasteiger partial charge in [-0.25, -0.2) is 0 Å². The van der Waals surface area contributed by atoms with E-state index in [-0.39, 0.29) is 12.1 Å². The molecule has 8 N–H and O–H groups in total. The van der Waals surface area contributed by atoms with E-state index >= 15 is 0 Å². The summed E-state index contributed by atoms with van der Waals surface area (Å²) in [5, 5.41) is 72.8. The molecule has 12 nitrogen and oxygen atoms in total. The van der Waals surface area contributed by atoms with Crippen molar-refractivity contribution in [1.82, 2.24) is 5.32 Å². The Morgan fingerprint density at radius 1 is 0.767 bits per heavy atom. The number of hydrogen-bond donors (Lipinski definition) is 8. The van der Waals surface area contributed by atoms with Gasteiger partial charge in [-0.05, 0) is 20.8 Å². The zero-order chi connectivity index (χ0) is 22.6. The molecular weight excluding hydrogens is 406 g/mol. The zero-order valence-corrected chi connectivity index (χ0v) is 17.4. The molecule has 2 saturated heterocycles. The van der Waals surface area contributed by atoms with E-state index in [0.717, 1.165) is 0 Å². The predicted octanol–water partition coefficient (Wildman–Crippen LogP) is -3.98. The number of ether oxygens (including phenoxy) is 4. The van der Waals surface area contributed by atoms with Crippen LogP contribution in [0.3, 0.4) is 0 Å². The van der Waals surface area contributed by atoms with Crippen LogP contribution in [0, 0.1) is 0 Å². The van der Waals surface area contributed by atoms with E-state index in [0.29, 0.717) is 6.54 Å². The highest BCUT2D eigenvalue weighted by molar-refractivity contribution is 4.94. The maximum atomic E-state index is 10.5. The molecule has 0 aromatic carbocycles. The first-order valence-corrected chi connectivity index (χ1v) is 9.95. The summed E-state index contributed by atoms with van der Waals surface area (Å²) in [6.07, 6.45) is -14.5. The standard InChI is InChI=1S/C18H35NO11/c1-18(2,3)19-4-5-27-16-14(26)12(24)15(9(7-21)29-16)30-17-13(25)11(23)10(22)8(6-20)28-17/h8-17,19-26H,4-7H2,1-3H3/t8?,9?,10-,11+,12-,13?,14?,15-,16-,17-/m1/s1. The Labute approximate surface area is 174 Å². The van der Waals surface area contributed by atoms with Crippen molar-refractivity contribution in [3.05, 3.63) is 0 Å². The van der Waals surface area contributed by atoms with Crippen LogP contribution < -0.4 is 5.32 Å². The molecule has 4 unspecified atom stereocenters. The lowest BCUT2D eigenvalue weighted by molar-refractivity contribution is -0.359. The van der Waals surface area contributed by atoms with Gasteiger partial charge in [-0.15, -0.1) is 0 Å². The van der Waals surface area contributed by atoms with Crippen molar-refractivity contribution in [2.45, 2.75) is 87.7 Å². The molecule has 0 bridgehead atoms. The average molecular weight is 441 g/mol. The van der Waals surface area contributed by atoms with Gasteiger partial charge in [-0.1, -0.05) is 0 Å². The molecule has 2 aliphatic heterocycles. The minimum Gasteiger partial charge on any atom is -0.394 e. The fourth-order valence-electron chi connectivity index (χ4n) is 3.29. The third-order valence-electron chi connectivity index (χ3n) is 5.00. The summed E-state index contributed by atoms with van der Waals surface area (Å²) in [5.74, 6) is 0. The van der Waals surface area contributed by atoms with Crippen molar-refractivity contribution in [3.63, 3.8) is 0 Å². The van der Waals surface area contributed by atoms with Crippen LogP contribution >= 0.6 is 0 Å². The van der Waals surface area contributed by atoms with E-state index in [4.69, 9.17) is 18.9 Å². The molecule has 0 aliphatic carbocycles. The average Bonchev–Trinajstić information content (AvgIpc) is 2.69. The van der Waals surface area contributed by atoms with Crippen molar-refractivity contribution in [1.29, 1.82) is 0 Å². The Morgan fingerprint density at radius 2 is 1.33 bits per heavy atom. The van der Waals surface area contributed by atoms with Crippen LogP contribution in [0.1, 0.15) is 20.8 Å². The Balaban J connectivity index is 1.99. The minimum atomic E-state index is -1.70. The van der Waals surface area contributed by atoms with Gasteiger partial charge in [-0.3, -0.25) is 0 Å². The zero-order valence-electron chi connectivity index (χ0n) is 17.4. The van der Waals surface area contributed by atoms with E-state index in [1.54, 1.807) is 0 Å². The Hall–Kier alpha value is -0.480. The summed E-state index contributed by atoms with van der Waals surface area (Å²) >= 11 is 0. The second-order valence-corrected chi connectivity index (χ2v) is 8.55. The van der Waals surface area contributed by atoms with Gasteiger partial charge in [0.1, 0.15) is 48.8 Å². The highest BCUT2D eigenvalue weighted by atomic mass is 16.7. The Morgan fingerprint density at radius 3 is 1.90 bits per heavy atom. The molecule has 2 aliphatic rings. The molecule has 0 amide bonds. The summed E-state index contributed by atoms with van der Waals surface area (Å²) in [7, 11) is 0. The molecule has 0 saturated carbocycles. The summed E-state index contributed by atoms with van der Waals surface area (Å²) < 4.78 is 21.7. The molecular formula is C18H35NO11. The lowest BCUT2D eigenvalue weighted by Gasteiger charge is -2.46. The summed E-state index contributed by atoms with van der Waals surface area (Å²) in [5.41, 5.74) is -0.132. The Bertz CT molecular complexity index is 515. The van der Waals surface area contributed by atoms with Crippen molar-refractivity contribution in [3.8, 4) is 0 Å². The fraction of sp³-hybridized carbons (Fsp3) is 1.00. The molecule has 0 aromatic heterocycles.